The van der Waals surface area contributed by atoms with E-state index in [2.05, 4.69) is 5.32 Å². The average molecular weight is 398 g/mol. The van der Waals surface area contributed by atoms with E-state index in [0.29, 0.717) is 6.42 Å². The Hall–Kier alpha value is -1.63. The molecule has 0 spiro atoms. The molecule has 0 unspecified atom stereocenters. The third kappa shape index (κ3) is 6.47. The molecule has 1 saturated carbocycles. The van der Waals surface area contributed by atoms with Gasteiger partial charge in [0.25, 0.3) is 0 Å². The van der Waals surface area contributed by atoms with Gasteiger partial charge in [0.15, 0.2) is 0 Å². The number of hydroxylamine groups is 1. The van der Waals surface area contributed by atoms with Crippen LogP contribution in [0.25, 0.3) is 0 Å². The standard InChI is InChI=1S/C21H39N3O4/c1-13(2)12-15(16(19(26)23-28)14-10-8-9-11-14)18(25)22-17(21(3,4)5)20(27)24(6)7/h13-17,28H,8-12H2,1-7H3,(H,22,25)(H,23,26)/t15-,16+,17-/m1/s1. The highest BCUT2D eigenvalue weighted by Crippen LogP contribution is 2.38. The molecule has 7 heteroatoms. The molecule has 1 rings (SSSR count). The number of nitrogens with one attached hydrogen (secondary N) is 2. The van der Waals surface area contributed by atoms with Crippen LogP contribution in [0.5, 0.6) is 0 Å². The van der Waals surface area contributed by atoms with Gasteiger partial charge in [-0.1, -0.05) is 47.5 Å². The van der Waals surface area contributed by atoms with Crippen molar-refractivity contribution < 1.29 is 19.6 Å². The summed E-state index contributed by atoms with van der Waals surface area (Å²) in [5.74, 6) is -1.88. The Morgan fingerprint density at radius 3 is 2.00 bits per heavy atom. The molecule has 0 heterocycles. The van der Waals surface area contributed by atoms with Crippen LogP contribution in [0.1, 0.15) is 66.7 Å². The van der Waals surface area contributed by atoms with Crippen LogP contribution in [-0.2, 0) is 14.4 Å². The van der Waals surface area contributed by atoms with E-state index in [0.717, 1.165) is 25.7 Å². The number of hydrogen-bond donors (Lipinski definition) is 3. The highest BCUT2D eigenvalue weighted by atomic mass is 16.5. The molecule has 0 saturated heterocycles. The number of hydrogen-bond acceptors (Lipinski definition) is 4. The minimum Gasteiger partial charge on any atom is -0.347 e. The van der Waals surface area contributed by atoms with E-state index in [1.54, 1.807) is 19.6 Å². The largest absolute Gasteiger partial charge is 0.347 e. The fraction of sp³-hybridized carbons (Fsp3) is 0.857. The molecular formula is C21H39N3O4. The Morgan fingerprint density at radius 2 is 1.61 bits per heavy atom. The van der Waals surface area contributed by atoms with Gasteiger partial charge in [-0.05, 0) is 36.5 Å². The second kappa shape index (κ2) is 10.2. The van der Waals surface area contributed by atoms with Gasteiger partial charge in [0.2, 0.25) is 17.7 Å². The molecule has 0 aromatic carbocycles. The van der Waals surface area contributed by atoms with Crippen LogP contribution in [0.15, 0.2) is 0 Å². The van der Waals surface area contributed by atoms with Crippen molar-refractivity contribution in [3.8, 4) is 0 Å². The molecule has 0 bridgehead atoms. The average Bonchev–Trinajstić information content (AvgIpc) is 3.10. The monoisotopic (exact) mass is 397 g/mol. The summed E-state index contributed by atoms with van der Waals surface area (Å²) < 4.78 is 0. The van der Waals surface area contributed by atoms with E-state index < -0.39 is 29.2 Å². The molecule has 7 nitrogen and oxygen atoms in total. The van der Waals surface area contributed by atoms with Crippen LogP contribution < -0.4 is 10.8 Å². The van der Waals surface area contributed by atoms with Crippen LogP contribution in [0.2, 0.25) is 0 Å². The van der Waals surface area contributed by atoms with Crippen LogP contribution in [0, 0.1) is 29.1 Å². The maximum Gasteiger partial charge on any atom is 0.247 e. The van der Waals surface area contributed by atoms with Gasteiger partial charge < -0.3 is 10.2 Å². The van der Waals surface area contributed by atoms with E-state index in [1.165, 1.54) is 4.90 Å². The summed E-state index contributed by atoms with van der Waals surface area (Å²) in [5, 5.41) is 12.2. The predicted molar refractivity (Wildman–Crippen MR) is 108 cm³/mol. The summed E-state index contributed by atoms with van der Waals surface area (Å²) in [6.07, 6.45) is 4.32. The molecule has 0 aliphatic heterocycles. The van der Waals surface area contributed by atoms with E-state index in [9.17, 15) is 19.6 Å². The molecular weight excluding hydrogens is 358 g/mol. The zero-order valence-electron chi connectivity index (χ0n) is 18.5. The van der Waals surface area contributed by atoms with Gasteiger partial charge in [-0.3, -0.25) is 19.6 Å². The van der Waals surface area contributed by atoms with Gasteiger partial charge in [0.1, 0.15) is 6.04 Å². The summed E-state index contributed by atoms with van der Waals surface area (Å²) in [5.41, 5.74) is 1.31. The van der Waals surface area contributed by atoms with Gasteiger partial charge in [-0.15, -0.1) is 0 Å². The zero-order chi connectivity index (χ0) is 21.6. The smallest absolute Gasteiger partial charge is 0.247 e. The zero-order valence-corrected chi connectivity index (χ0v) is 18.5. The Bertz CT molecular complexity index is 548. The lowest BCUT2D eigenvalue weighted by Gasteiger charge is -2.36. The van der Waals surface area contributed by atoms with Crippen molar-refractivity contribution in [1.29, 1.82) is 0 Å². The first-order valence-corrected chi connectivity index (χ1v) is 10.4. The van der Waals surface area contributed by atoms with Crippen LogP contribution in [0.4, 0.5) is 0 Å². The molecule has 0 aromatic rings. The molecule has 1 aliphatic rings. The Morgan fingerprint density at radius 1 is 1.07 bits per heavy atom. The number of likely N-dealkylation sites (N-methyl/N-ethyl adjacent to an activating group) is 1. The minimum absolute atomic E-state index is 0.0688. The van der Waals surface area contributed by atoms with Crippen LogP contribution in [-0.4, -0.2) is 48.0 Å². The SMILES string of the molecule is CC(C)C[C@@H](C(=O)N[C@H](C(=O)N(C)C)C(C)(C)C)[C@@H](C(=O)NO)C1CCCC1. The molecule has 3 atom stereocenters. The number of carbonyl (C=O) groups is 3. The maximum atomic E-state index is 13.3. The molecule has 0 radical (unpaired) electrons. The third-order valence-electron chi connectivity index (χ3n) is 5.66. The minimum atomic E-state index is -0.689. The molecule has 1 aliphatic carbocycles. The quantitative estimate of drug-likeness (QED) is 0.433. The molecule has 28 heavy (non-hydrogen) atoms. The first kappa shape index (κ1) is 24.4. The molecule has 3 amide bonds. The fourth-order valence-corrected chi connectivity index (χ4v) is 4.20. The molecule has 1 fully saturated rings. The van der Waals surface area contributed by atoms with Gasteiger partial charge >= 0.3 is 0 Å². The van der Waals surface area contributed by atoms with Gasteiger partial charge in [0.05, 0.1) is 11.8 Å². The fourth-order valence-electron chi connectivity index (χ4n) is 4.20. The Kier molecular flexibility index (Phi) is 8.92. The van der Waals surface area contributed by atoms with Gasteiger partial charge in [0, 0.05) is 14.1 Å². The first-order valence-electron chi connectivity index (χ1n) is 10.4. The Labute approximate surface area is 169 Å². The van der Waals surface area contributed by atoms with Crippen LogP contribution >= 0.6 is 0 Å². The van der Waals surface area contributed by atoms with E-state index in [-0.39, 0.29) is 23.7 Å². The van der Waals surface area contributed by atoms with Crippen molar-refractivity contribution >= 4 is 17.7 Å². The van der Waals surface area contributed by atoms with E-state index in [4.69, 9.17) is 0 Å². The molecule has 0 aromatic heterocycles. The maximum absolute atomic E-state index is 13.3. The summed E-state index contributed by atoms with van der Waals surface area (Å²) in [6, 6.07) is -0.689. The summed E-state index contributed by atoms with van der Waals surface area (Å²) in [4.78, 5) is 40.0. The highest BCUT2D eigenvalue weighted by Gasteiger charge is 2.43. The summed E-state index contributed by atoms with van der Waals surface area (Å²) in [7, 11) is 3.33. The van der Waals surface area contributed by atoms with Crippen molar-refractivity contribution in [2.75, 3.05) is 14.1 Å². The summed E-state index contributed by atoms with van der Waals surface area (Å²) in [6.45, 7) is 9.74. The van der Waals surface area contributed by atoms with Gasteiger partial charge in [-0.2, -0.15) is 0 Å². The summed E-state index contributed by atoms with van der Waals surface area (Å²) >= 11 is 0. The number of carbonyl (C=O) groups excluding carboxylic acids is 3. The van der Waals surface area contributed by atoms with Crippen molar-refractivity contribution in [2.45, 2.75) is 72.8 Å². The highest BCUT2D eigenvalue weighted by molar-refractivity contribution is 5.91. The molecule has 3 N–H and O–H groups in total. The van der Waals surface area contributed by atoms with Crippen LogP contribution in [0.3, 0.4) is 0 Å². The van der Waals surface area contributed by atoms with Crippen molar-refractivity contribution in [3.05, 3.63) is 0 Å². The Balaban J connectivity index is 3.20. The lowest BCUT2D eigenvalue weighted by atomic mass is 9.75. The van der Waals surface area contributed by atoms with Crippen molar-refractivity contribution in [3.63, 3.8) is 0 Å². The number of amides is 3. The van der Waals surface area contributed by atoms with Crippen molar-refractivity contribution in [2.24, 2.45) is 29.1 Å². The van der Waals surface area contributed by atoms with E-state index >= 15 is 0 Å². The first-order chi connectivity index (χ1) is 12.9. The second-order valence-corrected chi connectivity index (χ2v) is 9.82. The third-order valence-corrected chi connectivity index (χ3v) is 5.66. The van der Waals surface area contributed by atoms with Crippen molar-refractivity contribution in [1.82, 2.24) is 15.7 Å². The lowest BCUT2D eigenvalue weighted by Crippen LogP contribution is -2.56. The lowest BCUT2D eigenvalue weighted by molar-refractivity contribution is -0.145. The van der Waals surface area contributed by atoms with E-state index in [1.807, 2.05) is 34.6 Å². The van der Waals surface area contributed by atoms with Gasteiger partial charge in [-0.25, -0.2) is 5.48 Å². The number of rotatable bonds is 8. The normalized spacial score (nSPS) is 18.5. The number of nitrogens with zero attached hydrogens (tertiary/aromatic N) is 1. The predicted octanol–water partition coefficient (Wildman–Crippen LogP) is 2.58. The second-order valence-electron chi connectivity index (χ2n) is 9.82. The molecule has 162 valence electrons. The topological polar surface area (TPSA) is 98.7 Å².